The number of piperidine rings is 1. The minimum atomic E-state index is -0.401. The first-order chi connectivity index (χ1) is 10.2. The Balaban J connectivity index is 1.80. The third kappa shape index (κ3) is 2.95. The summed E-state index contributed by atoms with van der Waals surface area (Å²) in [5, 5.41) is 3.37. The van der Waals surface area contributed by atoms with Crippen LogP contribution < -0.4 is 5.32 Å². The highest BCUT2D eigenvalue weighted by Gasteiger charge is 2.36. The zero-order chi connectivity index (χ0) is 14.8. The molecule has 2 aliphatic heterocycles. The Labute approximate surface area is 125 Å². The summed E-state index contributed by atoms with van der Waals surface area (Å²) >= 11 is 0. The van der Waals surface area contributed by atoms with Crippen LogP contribution in [0.5, 0.6) is 0 Å². The van der Waals surface area contributed by atoms with Crippen molar-refractivity contribution in [3.05, 3.63) is 35.1 Å². The Bertz CT molecular complexity index is 526. The van der Waals surface area contributed by atoms with Crippen molar-refractivity contribution < 1.29 is 9.18 Å². The summed E-state index contributed by atoms with van der Waals surface area (Å²) in [6, 6.07) is 5.08. The van der Waals surface area contributed by atoms with Crippen molar-refractivity contribution in [3.8, 4) is 0 Å². The summed E-state index contributed by atoms with van der Waals surface area (Å²) in [5.74, 6) is 0.0318. The largest absolute Gasteiger partial charge is 0.335 e. The van der Waals surface area contributed by atoms with E-state index in [0.717, 1.165) is 50.9 Å². The number of carbonyl (C=O) groups excluding carboxylic acids is 1. The molecule has 1 atom stereocenters. The quantitative estimate of drug-likeness (QED) is 0.908. The van der Waals surface area contributed by atoms with Gasteiger partial charge in [0.25, 0.3) is 5.91 Å². The van der Waals surface area contributed by atoms with Crippen molar-refractivity contribution >= 4 is 5.91 Å². The second-order valence-corrected chi connectivity index (χ2v) is 6.28. The molecule has 3 nitrogen and oxygen atoms in total. The summed E-state index contributed by atoms with van der Waals surface area (Å²) in [6.45, 7) is 4.72. The summed E-state index contributed by atoms with van der Waals surface area (Å²) in [4.78, 5) is 14.7. The van der Waals surface area contributed by atoms with Crippen LogP contribution in [0.15, 0.2) is 18.2 Å². The van der Waals surface area contributed by atoms with Crippen LogP contribution in [0.25, 0.3) is 0 Å². The van der Waals surface area contributed by atoms with E-state index >= 15 is 0 Å². The fraction of sp³-hybridized carbons (Fsp3) is 0.588. The maximum Gasteiger partial charge on any atom is 0.257 e. The Morgan fingerprint density at radius 3 is 2.81 bits per heavy atom. The molecule has 1 N–H and O–H groups in total. The fourth-order valence-corrected chi connectivity index (χ4v) is 3.72. The van der Waals surface area contributed by atoms with E-state index in [1.54, 1.807) is 12.1 Å². The summed E-state index contributed by atoms with van der Waals surface area (Å²) < 4.78 is 14.0. The van der Waals surface area contributed by atoms with E-state index in [2.05, 4.69) is 5.32 Å². The number of benzene rings is 1. The monoisotopic (exact) mass is 290 g/mol. The van der Waals surface area contributed by atoms with Gasteiger partial charge in [0.15, 0.2) is 0 Å². The Morgan fingerprint density at radius 2 is 2.05 bits per heavy atom. The molecular weight excluding hydrogens is 267 g/mol. The van der Waals surface area contributed by atoms with Crippen LogP contribution in [-0.2, 0) is 0 Å². The molecule has 114 valence electrons. The van der Waals surface area contributed by atoms with E-state index in [-0.39, 0.29) is 11.5 Å². The highest BCUT2D eigenvalue weighted by atomic mass is 19.1. The molecule has 21 heavy (non-hydrogen) atoms. The number of amides is 1. The first-order valence-electron chi connectivity index (χ1n) is 7.94. The van der Waals surface area contributed by atoms with Crippen molar-refractivity contribution in [1.82, 2.24) is 10.2 Å². The molecule has 0 aromatic heterocycles. The highest BCUT2D eigenvalue weighted by Crippen LogP contribution is 2.31. The fourth-order valence-electron chi connectivity index (χ4n) is 3.72. The molecule has 2 saturated heterocycles. The Hall–Kier alpha value is -1.42. The topological polar surface area (TPSA) is 32.3 Å². The summed E-state index contributed by atoms with van der Waals surface area (Å²) in [7, 11) is 0. The Kier molecular flexibility index (Phi) is 4.24. The normalized spacial score (nSPS) is 23.5. The van der Waals surface area contributed by atoms with Crippen molar-refractivity contribution in [2.75, 3.05) is 19.6 Å². The number of nitrogens with one attached hydrogen (secondary N) is 1. The first kappa shape index (κ1) is 14.5. The minimum Gasteiger partial charge on any atom is -0.335 e. The lowest BCUT2D eigenvalue weighted by atomic mass is 9.88. The molecule has 2 aliphatic rings. The first-order valence-corrected chi connectivity index (χ1v) is 7.94. The van der Waals surface area contributed by atoms with E-state index in [4.69, 9.17) is 0 Å². The number of carbonyl (C=O) groups is 1. The summed E-state index contributed by atoms with van der Waals surface area (Å²) in [6.07, 6.45) is 4.33. The van der Waals surface area contributed by atoms with E-state index in [9.17, 15) is 9.18 Å². The molecule has 0 saturated carbocycles. The average molecular weight is 290 g/mol. The van der Waals surface area contributed by atoms with E-state index in [1.165, 1.54) is 6.07 Å². The SMILES string of the molecule is Cc1ccc(F)c(C(=O)N2CCCC2C2CCNCC2)c1. The lowest BCUT2D eigenvalue weighted by molar-refractivity contribution is 0.0661. The lowest BCUT2D eigenvalue weighted by Gasteiger charge is -2.34. The van der Waals surface area contributed by atoms with Crippen LogP contribution in [-0.4, -0.2) is 36.5 Å². The number of rotatable bonds is 2. The molecule has 4 heteroatoms. The number of hydrogen-bond acceptors (Lipinski definition) is 2. The van der Waals surface area contributed by atoms with E-state index in [1.807, 2.05) is 11.8 Å². The second kappa shape index (κ2) is 6.14. The van der Waals surface area contributed by atoms with Gasteiger partial charge < -0.3 is 10.2 Å². The van der Waals surface area contributed by atoms with Crippen molar-refractivity contribution in [3.63, 3.8) is 0 Å². The van der Waals surface area contributed by atoms with Gasteiger partial charge in [0.1, 0.15) is 5.82 Å². The average Bonchev–Trinajstić information content (AvgIpc) is 2.99. The van der Waals surface area contributed by atoms with Gasteiger partial charge in [-0.25, -0.2) is 4.39 Å². The lowest BCUT2D eigenvalue weighted by Crippen LogP contribution is -2.44. The molecule has 2 heterocycles. The summed E-state index contributed by atoms with van der Waals surface area (Å²) in [5.41, 5.74) is 1.16. The maximum atomic E-state index is 14.0. The van der Waals surface area contributed by atoms with Crippen LogP contribution in [0, 0.1) is 18.7 Å². The number of nitrogens with zero attached hydrogens (tertiary/aromatic N) is 1. The predicted molar refractivity (Wildman–Crippen MR) is 80.8 cm³/mol. The molecule has 1 unspecified atom stereocenters. The van der Waals surface area contributed by atoms with Gasteiger partial charge >= 0.3 is 0 Å². The van der Waals surface area contributed by atoms with Gasteiger partial charge in [-0.1, -0.05) is 11.6 Å². The van der Waals surface area contributed by atoms with Gasteiger partial charge in [0.2, 0.25) is 0 Å². The van der Waals surface area contributed by atoms with Crippen molar-refractivity contribution in [2.45, 2.75) is 38.6 Å². The van der Waals surface area contributed by atoms with Crippen LogP contribution in [0.3, 0.4) is 0 Å². The minimum absolute atomic E-state index is 0.128. The molecule has 1 aromatic carbocycles. The second-order valence-electron chi connectivity index (χ2n) is 6.28. The van der Waals surface area contributed by atoms with Gasteiger partial charge in [0, 0.05) is 12.6 Å². The molecule has 0 bridgehead atoms. The molecule has 2 fully saturated rings. The van der Waals surface area contributed by atoms with Gasteiger partial charge in [-0.2, -0.15) is 0 Å². The number of likely N-dealkylation sites (tertiary alicyclic amines) is 1. The predicted octanol–water partition coefficient (Wildman–Crippen LogP) is 2.74. The van der Waals surface area contributed by atoms with Crippen LogP contribution >= 0.6 is 0 Å². The standard InChI is InChI=1S/C17H23FN2O/c1-12-4-5-15(18)14(11-12)17(21)20-10-2-3-16(20)13-6-8-19-9-7-13/h4-5,11,13,16,19H,2-3,6-10H2,1H3. The van der Waals surface area contributed by atoms with Crippen molar-refractivity contribution in [1.29, 1.82) is 0 Å². The van der Waals surface area contributed by atoms with Gasteiger partial charge in [-0.3, -0.25) is 4.79 Å². The molecule has 1 aromatic rings. The van der Waals surface area contributed by atoms with E-state index < -0.39 is 5.82 Å². The molecular formula is C17H23FN2O. The van der Waals surface area contributed by atoms with E-state index in [0.29, 0.717) is 12.0 Å². The van der Waals surface area contributed by atoms with Crippen LogP contribution in [0.4, 0.5) is 4.39 Å². The van der Waals surface area contributed by atoms with Gasteiger partial charge in [-0.15, -0.1) is 0 Å². The third-order valence-electron chi connectivity index (χ3n) is 4.84. The van der Waals surface area contributed by atoms with Gasteiger partial charge in [0.05, 0.1) is 5.56 Å². The molecule has 0 radical (unpaired) electrons. The van der Waals surface area contributed by atoms with Crippen LogP contribution in [0.2, 0.25) is 0 Å². The Morgan fingerprint density at radius 1 is 1.29 bits per heavy atom. The zero-order valence-electron chi connectivity index (χ0n) is 12.6. The number of aryl methyl sites for hydroxylation is 1. The van der Waals surface area contributed by atoms with Crippen molar-refractivity contribution in [2.24, 2.45) is 5.92 Å². The smallest absolute Gasteiger partial charge is 0.257 e. The molecule has 0 aliphatic carbocycles. The van der Waals surface area contributed by atoms with Gasteiger partial charge in [-0.05, 0) is 63.7 Å². The van der Waals surface area contributed by atoms with Crippen LogP contribution in [0.1, 0.15) is 41.6 Å². The molecule has 1 amide bonds. The molecule has 3 rings (SSSR count). The highest BCUT2D eigenvalue weighted by molar-refractivity contribution is 5.95. The number of halogens is 1. The number of hydrogen-bond donors (Lipinski definition) is 1. The molecule has 0 spiro atoms. The third-order valence-corrected chi connectivity index (χ3v) is 4.84. The zero-order valence-corrected chi connectivity index (χ0v) is 12.6. The maximum absolute atomic E-state index is 14.0.